The number of rotatable bonds is 4. The van der Waals surface area contributed by atoms with Crippen LogP contribution < -0.4 is 10.2 Å². The predicted octanol–water partition coefficient (Wildman–Crippen LogP) is 2.97. The average Bonchev–Trinajstić information content (AvgIpc) is 3.03. The Bertz CT molecular complexity index is 767. The van der Waals surface area contributed by atoms with E-state index in [1.807, 2.05) is 23.1 Å². The van der Waals surface area contributed by atoms with Crippen LogP contribution >= 0.6 is 0 Å². The molecule has 1 aliphatic carbocycles. The topological polar surface area (TPSA) is 74.2 Å². The van der Waals surface area contributed by atoms with Crippen LogP contribution in [0.15, 0.2) is 36.7 Å². The van der Waals surface area contributed by atoms with Gasteiger partial charge in [0, 0.05) is 44.6 Å². The SMILES string of the molecule is O=C(c1ccnc(NC2CCCCCC2)n1)N1CCN(c2ccccn2)CC1. The number of hydrogen-bond acceptors (Lipinski definition) is 6. The van der Waals surface area contributed by atoms with Crippen molar-refractivity contribution in [1.29, 1.82) is 0 Å². The fourth-order valence-corrected chi connectivity index (χ4v) is 4.00. The summed E-state index contributed by atoms with van der Waals surface area (Å²) in [5.74, 6) is 1.52. The van der Waals surface area contributed by atoms with Crippen LogP contribution in [0.3, 0.4) is 0 Å². The summed E-state index contributed by atoms with van der Waals surface area (Å²) in [5.41, 5.74) is 0.470. The van der Waals surface area contributed by atoms with Crippen LogP contribution in [0, 0.1) is 0 Å². The van der Waals surface area contributed by atoms with Crippen LogP contribution in [0.25, 0.3) is 0 Å². The largest absolute Gasteiger partial charge is 0.353 e. The average molecular weight is 380 g/mol. The van der Waals surface area contributed by atoms with Crippen molar-refractivity contribution in [2.24, 2.45) is 0 Å². The predicted molar refractivity (Wildman–Crippen MR) is 109 cm³/mol. The Morgan fingerprint density at radius 3 is 2.43 bits per heavy atom. The van der Waals surface area contributed by atoms with Crippen molar-refractivity contribution in [3.8, 4) is 0 Å². The molecule has 2 aromatic heterocycles. The van der Waals surface area contributed by atoms with Crippen molar-refractivity contribution in [1.82, 2.24) is 19.9 Å². The van der Waals surface area contributed by atoms with Gasteiger partial charge in [-0.15, -0.1) is 0 Å². The molecule has 148 valence electrons. The molecule has 7 nitrogen and oxygen atoms in total. The van der Waals surface area contributed by atoms with Gasteiger partial charge in [0.1, 0.15) is 11.5 Å². The summed E-state index contributed by atoms with van der Waals surface area (Å²) in [6.07, 6.45) is 10.9. The molecule has 1 amide bonds. The number of nitrogens with zero attached hydrogens (tertiary/aromatic N) is 5. The smallest absolute Gasteiger partial charge is 0.272 e. The number of nitrogens with one attached hydrogen (secondary N) is 1. The highest BCUT2D eigenvalue weighted by molar-refractivity contribution is 5.92. The molecule has 0 spiro atoms. The zero-order valence-corrected chi connectivity index (χ0v) is 16.3. The standard InChI is InChI=1S/C21H28N6O/c28-20(27-15-13-26(14-16-27)19-9-5-6-11-22-19)18-10-12-23-21(25-18)24-17-7-3-1-2-4-8-17/h5-6,9-12,17H,1-4,7-8,13-16H2,(H,23,24,25). The third kappa shape index (κ3) is 4.58. The maximum atomic E-state index is 12.9. The molecule has 1 saturated heterocycles. The lowest BCUT2D eigenvalue weighted by molar-refractivity contribution is 0.0740. The van der Waals surface area contributed by atoms with Gasteiger partial charge in [0.2, 0.25) is 5.95 Å². The van der Waals surface area contributed by atoms with E-state index in [2.05, 4.69) is 25.2 Å². The van der Waals surface area contributed by atoms with E-state index in [1.165, 1.54) is 25.7 Å². The van der Waals surface area contributed by atoms with Crippen LogP contribution in [-0.2, 0) is 0 Å². The summed E-state index contributed by atoms with van der Waals surface area (Å²) in [6.45, 7) is 2.90. The summed E-state index contributed by atoms with van der Waals surface area (Å²) < 4.78 is 0. The van der Waals surface area contributed by atoms with E-state index in [0.717, 1.165) is 31.7 Å². The minimum absolute atomic E-state index is 0.0213. The molecule has 0 unspecified atom stereocenters. The van der Waals surface area contributed by atoms with E-state index in [4.69, 9.17) is 0 Å². The van der Waals surface area contributed by atoms with E-state index in [-0.39, 0.29) is 5.91 Å². The molecule has 0 radical (unpaired) electrons. The number of carbonyl (C=O) groups excluding carboxylic acids is 1. The van der Waals surface area contributed by atoms with Crippen LogP contribution in [-0.4, -0.2) is 58.0 Å². The van der Waals surface area contributed by atoms with Gasteiger partial charge in [-0.3, -0.25) is 4.79 Å². The molecule has 2 aromatic rings. The van der Waals surface area contributed by atoms with Gasteiger partial charge >= 0.3 is 0 Å². The van der Waals surface area contributed by atoms with Crippen LogP contribution in [0.1, 0.15) is 49.0 Å². The molecule has 2 aliphatic rings. The van der Waals surface area contributed by atoms with Crippen molar-refractivity contribution in [3.63, 3.8) is 0 Å². The molecule has 1 saturated carbocycles. The number of anilines is 2. The summed E-state index contributed by atoms with van der Waals surface area (Å²) in [6, 6.07) is 8.04. The van der Waals surface area contributed by atoms with Gasteiger partial charge in [-0.05, 0) is 31.0 Å². The van der Waals surface area contributed by atoms with Gasteiger partial charge in [0.15, 0.2) is 0 Å². The first-order valence-corrected chi connectivity index (χ1v) is 10.3. The van der Waals surface area contributed by atoms with Gasteiger partial charge in [-0.1, -0.05) is 31.7 Å². The van der Waals surface area contributed by atoms with Crippen LogP contribution in [0.4, 0.5) is 11.8 Å². The molecule has 28 heavy (non-hydrogen) atoms. The van der Waals surface area contributed by atoms with Gasteiger partial charge in [-0.25, -0.2) is 15.0 Å². The highest BCUT2D eigenvalue weighted by Gasteiger charge is 2.24. The van der Waals surface area contributed by atoms with E-state index in [1.54, 1.807) is 18.5 Å². The molecule has 0 aromatic carbocycles. The quantitative estimate of drug-likeness (QED) is 0.822. The van der Waals surface area contributed by atoms with Crippen molar-refractivity contribution in [3.05, 3.63) is 42.4 Å². The molecule has 0 bridgehead atoms. The van der Waals surface area contributed by atoms with Gasteiger partial charge < -0.3 is 15.1 Å². The minimum atomic E-state index is -0.0213. The fraction of sp³-hybridized carbons (Fsp3) is 0.524. The first kappa shape index (κ1) is 18.7. The van der Waals surface area contributed by atoms with E-state index >= 15 is 0 Å². The first-order valence-electron chi connectivity index (χ1n) is 10.3. The highest BCUT2D eigenvalue weighted by Crippen LogP contribution is 2.20. The lowest BCUT2D eigenvalue weighted by atomic mass is 10.1. The lowest BCUT2D eigenvalue weighted by Gasteiger charge is -2.35. The molecule has 0 atom stereocenters. The van der Waals surface area contributed by atoms with Crippen molar-refractivity contribution < 1.29 is 4.79 Å². The number of aromatic nitrogens is 3. The van der Waals surface area contributed by atoms with Crippen LogP contribution in [0.2, 0.25) is 0 Å². The zero-order valence-electron chi connectivity index (χ0n) is 16.3. The Morgan fingerprint density at radius 1 is 0.929 bits per heavy atom. The Morgan fingerprint density at radius 2 is 1.71 bits per heavy atom. The monoisotopic (exact) mass is 380 g/mol. The maximum absolute atomic E-state index is 12.9. The minimum Gasteiger partial charge on any atom is -0.353 e. The fourth-order valence-electron chi connectivity index (χ4n) is 4.00. The van der Waals surface area contributed by atoms with Gasteiger partial charge in [0.25, 0.3) is 5.91 Å². The molecule has 1 aliphatic heterocycles. The molecule has 7 heteroatoms. The second kappa shape index (κ2) is 8.99. The van der Waals surface area contributed by atoms with Gasteiger partial charge in [-0.2, -0.15) is 0 Å². The number of pyridine rings is 1. The maximum Gasteiger partial charge on any atom is 0.272 e. The first-order chi connectivity index (χ1) is 13.8. The van der Waals surface area contributed by atoms with Crippen molar-refractivity contribution in [2.75, 3.05) is 36.4 Å². The Hall–Kier alpha value is -2.70. The molecular weight excluding hydrogens is 352 g/mol. The number of amides is 1. The molecule has 2 fully saturated rings. The third-order valence-electron chi connectivity index (χ3n) is 5.60. The van der Waals surface area contributed by atoms with Crippen molar-refractivity contribution in [2.45, 2.75) is 44.6 Å². The molecule has 4 rings (SSSR count). The normalized spacial score (nSPS) is 18.6. The lowest BCUT2D eigenvalue weighted by Crippen LogP contribution is -2.49. The zero-order chi connectivity index (χ0) is 19.2. The van der Waals surface area contributed by atoms with Crippen molar-refractivity contribution >= 4 is 17.7 Å². The third-order valence-corrected chi connectivity index (χ3v) is 5.60. The summed E-state index contributed by atoms with van der Waals surface area (Å²) >= 11 is 0. The highest BCUT2D eigenvalue weighted by atomic mass is 16.2. The van der Waals surface area contributed by atoms with E-state index in [0.29, 0.717) is 30.8 Å². The van der Waals surface area contributed by atoms with E-state index in [9.17, 15) is 4.79 Å². The van der Waals surface area contributed by atoms with Gasteiger partial charge in [0.05, 0.1) is 0 Å². The number of piperazine rings is 1. The Balaban J connectivity index is 1.36. The molecule has 1 N–H and O–H groups in total. The summed E-state index contributed by atoms with van der Waals surface area (Å²) in [5, 5.41) is 3.44. The second-order valence-electron chi connectivity index (χ2n) is 7.57. The number of hydrogen-bond donors (Lipinski definition) is 1. The second-order valence-corrected chi connectivity index (χ2v) is 7.57. The molecule has 3 heterocycles. The Kier molecular flexibility index (Phi) is 5.99. The Labute approximate surface area is 166 Å². The summed E-state index contributed by atoms with van der Waals surface area (Å²) in [4.78, 5) is 30.2. The molecular formula is C21H28N6O. The van der Waals surface area contributed by atoms with E-state index < -0.39 is 0 Å². The summed E-state index contributed by atoms with van der Waals surface area (Å²) in [7, 11) is 0. The van der Waals surface area contributed by atoms with Crippen LogP contribution in [0.5, 0.6) is 0 Å². The number of carbonyl (C=O) groups is 1.